The lowest BCUT2D eigenvalue weighted by atomic mass is 9.79. The first-order chi connectivity index (χ1) is 10.3. The summed E-state index contributed by atoms with van der Waals surface area (Å²) in [5.74, 6) is 0. The van der Waals surface area contributed by atoms with Crippen molar-refractivity contribution in [2.24, 2.45) is 0 Å². The van der Waals surface area contributed by atoms with E-state index in [0.29, 0.717) is 11.6 Å². The number of hydrogen-bond acceptors (Lipinski definition) is 2. The third kappa shape index (κ3) is 3.56. The molecule has 1 heterocycles. The summed E-state index contributed by atoms with van der Waals surface area (Å²) in [5, 5.41) is 3.92. The molecule has 1 N–H and O–H groups in total. The van der Waals surface area contributed by atoms with Crippen LogP contribution in [0.3, 0.4) is 0 Å². The fraction of sp³-hybridized carbons (Fsp3) is 0.579. The molecule has 2 aliphatic rings. The van der Waals surface area contributed by atoms with Crippen LogP contribution in [0.2, 0.25) is 0 Å². The van der Waals surface area contributed by atoms with Gasteiger partial charge in [0.2, 0.25) is 0 Å². The van der Waals surface area contributed by atoms with Gasteiger partial charge >= 0.3 is 0 Å². The highest BCUT2D eigenvalue weighted by Crippen LogP contribution is 2.32. The second-order valence-electron chi connectivity index (χ2n) is 6.78. The van der Waals surface area contributed by atoms with Crippen LogP contribution in [-0.4, -0.2) is 36.1 Å². The fourth-order valence-electron chi connectivity index (χ4n) is 4.07. The third-order valence-electron chi connectivity index (χ3n) is 5.22. The monoisotopic (exact) mass is 284 g/mol. The van der Waals surface area contributed by atoms with Gasteiger partial charge in [-0.25, -0.2) is 0 Å². The quantitative estimate of drug-likeness (QED) is 0.853. The average Bonchev–Trinajstić information content (AvgIpc) is 2.52. The molecule has 21 heavy (non-hydrogen) atoms. The number of benzene rings is 1. The number of piperazine rings is 1. The van der Waals surface area contributed by atoms with Crippen molar-refractivity contribution < 1.29 is 0 Å². The van der Waals surface area contributed by atoms with Gasteiger partial charge in [-0.2, -0.15) is 0 Å². The maximum absolute atomic E-state index is 3.97. The van der Waals surface area contributed by atoms with Gasteiger partial charge in [0, 0.05) is 31.2 Å². The summed E-state index contributed by atoms with van der Waals surface area (Å²) in [6, 6.07) is 11.5. The van der Waals surface area contributed by atoms with Gasteiger partial charge in [0.05, 0.1) is 0 Å². The lowest BCUT2D eigenvalue weighted by Crippen LogP contribution is -2.65. The molecular weight excluding hydrogens is 256 g/mol. The zero-order valence-electron chi connectivity index (χ0n) is 13.1. The minimum atomic E-state index is 0.383. The lowest BCUT2D eigenvalue weighted by Gasteiger charge is -2.49. The van der Waals surface area contributed by atoms with Crippen LogP contribution < -0.4 is 5.32 Å². The Labute approximate surface area is 129 Å². The molecule has 114 valence electrons. The smallest absolute Gasteiger partial charge is 0.0309 e. The number of rotatable bonds is 4. The maximum atomic E-state index is 3.97. The molecule has 3 rings (SSSR count). The summed E-state index contributed by atoms with van der Waals surface area (Å²) < 4.78 is 0. The first-order valence-corrected chi connectivity index (χ1v) is 8.45. The van der Waals surface area contributed by atoms with E-state index in [9.17, 15) is 0 Å². The van der Waals surface area contributed by atoms with E-state index >= 15 is 0 Å². The summed E-state index contributed by atoms with van der Waals surface area (Å²) in [6.07, 6.45) is 10.1. The lowest BCUT2D eigenvalue weighted by molar-refractivity contribution is 0.0646. The predicted molar refractivity (Wildman–Crippen MR) is 89.5 cm³/mol. The van der Waals surface area contributed by atoms with Gasteiger partial charge in [0.1, 0.15) is 0 Å². The summed E-state index contributed by atoms with van der Waals surface area (Å²) >= 11 is 0. The molecule has 1 aliphatic heterocycles. The molecule has 1 atom stereocenters. The first-order valence-electron chi connectivity index (χ1n) is 8.45. The Bertz CT molecular complexity index is 448. The van der Waals surface area contributed by atoms with Crippen LogP contribution in [0.5, 0.6) is 0 Å². The van der Waals surface area contributed by atoms with Crippen molar-refractivity contribution in [3.63, 3.8) is 0 Å². The molecule has 2 fully saturated rings. The minimum absolute atomic E-state index is 0.383. The van der Waals surface area contributed by atoms with Crippen LogP contribution in [0.4, 0.5) is 0 Å². The molecule has 0 radical (unpaired) electrons. The zero-order chi connectivity index (χ0) is 14.5. The van der Waals surface area contributed by atoms with E-state index in [-0.39, 0.29) is 0 Å². The number of hydrogen-bond donors (Lipinski definition) is 1. The van der Waals surface area contributed by atoms with Gasteiger partial charge < -0.3 is 5.32 Å². The van der Waals surface area contributed by atoms with E-state index in [1.807, 2.05) is 0 Å². The summed E-state index contributed by atoms with van der Waals surface area (Å²) in [5.41, 5.74) is 1.83. The zero-order valence-corrected chi connectivity index (χ0v) is 13.1. The van der Waals surface area contributed by atoms with E-state index in [4.69, 9.17) is 0 Å². The minimum Gasteiger partial charge on any atom is -0.308 e. The number of nitrogens with one attached hydrogen (secondary N) is 1. The Morgan fingerprint density at radius 3 is 2.67 bits per heavy atom. The van der Waals surface area contributed by atoms with Crippen molar-refractivity contribution in [2.75, 3.05) is 19.6 Å². The second-order valence-corrected chi connectivity index (χ2v) is 6.78. The van der Waals surface area contributed by atoms with Gasteiger partial charge in [-0.05, 0) is 24.8 Å². The molecule has 0 bridgehead atoms. The third-order valence-corrected chi connectivity index (χ3v) is 5.22. The maximum Gasteiger partial charge on any atom is 0.0309 e. The Balaban J connectivity index is 1.68. The number of nitrogens with zero attached hydrogens (tertiary/aromatic N) is 1. The van der Waals surface area contributed by atoms with Crippen molar-refractivity contribution in [3.8, 4) is 0 Å². The molecule has 0 amide bonds. The molecule has 1 aromatic rings. The highest BCUT2D eigenvalue weighted by atomic mass is 15.2. The standard InChI is InChI=1S/C19H28N2/c1-2-13-21-16-19(11-7-4-8-12-19)20-15-18(21)14-17-9-5-3-6-10-17/h2-3,5-6,9-10,18,20H,1,4,7-8,11-16H2. The van der Waals surface area contributed by atoms with E-state index in [2.05, 4.69) is 53.2 Å². The Morgan fingerprint density at radius 2 is 1.95 bits per heavy atom. The van der Waals surface area contributed by atoms with Gasteiger partial charge in [0.15, 0.2) is 0 Å². The summed E-state index contributed by atoms with van der Waals surface area (Å²) in [6.45, 7) is 7.29. The molecule has 2 nitrogen and oxygen atoms in total. The molecule has 0 aromatic heterocycles. The molecule has 1 spiro atoms. The van der Waals surface area contributed by atoms with Gasteiger partial charge in [0.25, 0.3) is 0 Å². The van der Waals surface area contributed by atoms with Crippen LogP contribution in [0.1, 0.15) is 37.7 Å². The fourth-order valence-corrected chi connectivity index (χ4v) is 4.07. The predicted octanol–water partition coefficient (Wildman–Crippen LogP) is 3.39. The molecular formula is C19H28N2. The molecule has 1 saturated carbocycles. The second kappa shape index (κ2) is 6.76. The van der Waals surface area contributed by atoms with Crippen LogP contribution >= 0.6 is 0 Å². The van der Waals surface area contributed by atoms with E-state index in [1.165, 1.54) is 44.2 Å². The average molecular weight is 284 g/mol. The van der Waals surface area contributed by atoms with Gasteiger partial charge in [-0.15, -0.1) is 6.58 Å². The summed E-state index contributed by atoms with van der Waals surface area (Å²) in [4.78, 5) is 2.65. The van der Waals surface area contributed by atoms with Crippen molar-refractivity contribution in [1.29, 1.82) is 0 Å². The van der Waals surface area contributed by atoms with Crippen LogP contribution in [0.15, 0.2) is 43.0 Å². The molecule has 1 aromatic carbocycles. The van der Waals surface area contributed by atoms with Gasteiger partial charge in [-0.3, -0.25) is 4.90 Å². The highest BCUT2D eigenvalue weighted by molar-refractivity contribution is 5.17. The van der Waals surface area contributed by atoms with E-state index in [0.717, 1.165) is 19.5 Å². The van der Waals surface area contributed by atoms with Crippen LogP contribution in [-0.2, 0) is 6.42 Å². The van der Waals surface area contributed by atoms with Crippen molar-refractivity contribution in [3.05, 3.63) is 48.6 Å². The molecule has 1 aliphatic carbocycles. The van der Waals surface area contributed by atoms with Crippen molar-refractivity contribution in [1.82, 2.24) is 10.2 Å². The van der Waals surface area contributed by atoms with Gasteiger partial charge in [-0.1, -0.05) is 55.7 Å². The van der Waals surface area contributed by atoms with Crippen molar-refractivity contribution >= 4 is 0 Å². The Morgan fingerprint density at radius 1 is 1.19 bits per heavy atom. The van der Waals surface area contributed by atoms with Crippen LogP contribution in [0, 0.1) is 0 Å². The van der Waals surface area contributed by atoms with E-state index < -0.39 is 0 Å². The Hall–Kier alpha value is -1.12. The first kappa shape index (κ1) is 14.8. The normalized spacial score (nSPS) is 25.8. The van der Waals surface area contributed by atoms with Crippen molar-refractivity contribution in [2.45, 2.75) is 50.1 Å². The molecule has 2 heteroatoms. The Kier molecular flexibility index (Phi) is 4.77. The largest absolute Gasteiger partial charge is 0.308 e. The molecule has 1 saturated heterocycles. The SMILES string of the molecule is C=CCN1CC2(CCCCC2)NCC1Cc1ccccc1. The highest BCUT2D eigenvalue weighted by Gasteiger charge is 2.39. The van der Waals surface area contributed by atoms with E-state index in [1.54, 1.807) is 0 Å². The molecule has 1 unspecified atom stereocenters. The van der Waals surface area contributed by atoms with Crippen LogP contribution in [0.25, 0.3) is 0 Å². The summed E-state index contributed by atoms with van der Waals surface area (Å²) in [7, 11) is 0. The topological polar surface area (TPSA) is 15.3 Å².